The molecule has 2 aromatic carbocycles. The van der Waals surface area contributed by atoms with Gasteiger partial charge in [0.05, 0.1) is 11.0 Å². The largest absolute Gasteiger partial charge is 0.339 e. The Morgan fingerprint density at radius 2 is 1.81 bits per heavy atom. The van der Waals surface area contributed by atoms with E-state index in [1.165, 1.54) is 24.0 Å². The van der Waals surface area contributed by atoms with Crippen molar-refractivity contribution < 1.29 is 4.79 Å². The van der Waals surface area contributed by atoms with E-state index in [0.29, 0.717) is 24.3 Å². The third-order valence-electron chi connectivity index (χ3n) is 7.47. The molecule has 0 N–H and O–H groups in total. The third kappa shape index (κ3) is 3.88. The number of imidazole rings is 1. The van der Waals surface area contributed by atoms with Crippen LogP contribution in [0.5, 0.6) is 0 Å². The van der Waals surface area contributed by atoms with Crippen LogP contribution in [0.2, 0.25) is 0 Å². The number of fused-ring (bicyclic) bond motifs is 1. The molecule has 2 heterocycles. The number of nitrogens with zero attached hydrogens (tertiary/aromatic N) is 3. The van der Waals surface area contributed by atoms with E-state index in [1.807, 2.05) is 0 Å². The summed E-state index contributed by atoms with van der Waals surface area (Å²) < 4.78 is 2.35. The van der Waals surface area contributed by atoms with E-state index in [2.05, 4.69) is 71.8 Å². The van der Waals surface area contributed by atoms with Crippen LogP contribution in [-0.2, 0) is 11.3 Å². The second kappa shape index (κ2) is 8.49. The van der Waals surface area contributed by atoms with Gasteiger partial charge in [0.15, 0.2) is 0 Å². The highest BCUT2D eigenvalue weighted by molar-refractivity contribution is 5.81. The van der Waals surface area contributed by atoms with Crippen molar-refractivity contribution >= 4 is 16.9 Å². The van der Waals surface area contributed by atoms with Crippen LogP contribution in [0.15, 0.2) is 48.5 Å². The lowest BCUT2D eigenvalue weighted by Crippen LogP contribution is -2.34. The molecule has 1 aliphatic heterocycles. The van der Waals surface area contributed by atoms with E-state index >= 15 is 0 Å². The predicted octanol–water partition coefficient (Wildman–Crippen LogP) is 5.86. The lowest BCUT2D eigenvalue weighted by molar-refractivity contribution is -0.129. The molecule has 31 heavy (non-hydrogen) atoms. The Labute approximate surface area is 185 Å². The van der Waals surface area contributed by atoms with Gasteiger partial charge in [0.1, 0.15) is 5.82 Å². The minimum Gasteiger partial charge on any atom is -0.339 e. The molecule has 0 bridgehead atoms. The zero-order valence-corrected chi connectivity index (χ0v) is 18.8. The molecule has 4 nitrogen and oxygen atoms in total. The Balaban J connectivity index is 1.45. The molecule has 3 aromatic rings. The summed E-state index contributed by atoms with van der Waals surface area (Å²) in [6.45, 7) is 6.13. The van der Waals surface area contributed by atoms with Gasteiger partial charge in [-0.15, -0.1) is 0 Å². The van der Waals surface area contributed by atoms with Crippen LogP contribution in [0.3, 0.4) is 0 Å². The van der Waals surface area contributed by atoms with Crippen LogP contribution < -0.4 is 0 Å². The molecule has 4 heteroatoms. The number of carbonyl (C=O) groups is 1. The number of hydrogen-bond acceptors (Lipinski definition) is 2. The maximum atomic E-state index is 12.8. The average Bonchev–Trinajstić information content (AvgIpc) is 3.53. The van der Waals surface area contributed by atoms with Crippen molar-refractivity contribution in [2.75, 3.05) is 6.54 Å². The molecule has 2 atom stereocenters. The number of aromatic nitrogens is 2. The molecule has 5 rings (SSSR count). The van der Waals surface area contributed by atoms with E-state index < -0.39 is 0 Å². The molecule has 0 radical (unpaired) electrons. The maximum absolute atomic E-state index is 12.8. The first-order chi connectivity index (χ1) is 15.1. The Morgan fingerprint density at radius 1 is 1.06 bits per heavy atom. The highest BCUT2D eigenvalue weighted by atomic mass is 16.2. The summed E-state index contributed by atoms with van der Waals surface area (Å²) in [7, 11) is 0. The third-order valence-corrected chi connectivity index (χ3v) is 7.47. The molecule has 1 saturated heterocycles. The number of rotatable bonds is 6. The zero-order chi connectivity index (χ0) is 21.4. The standard InChI is InChI=1S/C27H33N3O/c1-3-19(2)21-14-12-20(13-15-21)17-30-25-11-7-6-10-24(25)28-27(30)22-16-26(31)29(18-22)23-8-4-5-9-23/h6-7,10-15,19,22-23H,3-5,8-9,16-18H2,1-2H3. The van der Waals surface area contributed by atoms with Gasteiger partial charge in [0.25, 0.3) is 0 Å². The van der Waals surface area contributed by atoms with E-state index in [1.54, 1.807) is 0 Å². The summed E-state index contributed by atoms with van der Waals surface area (Å²) in [5, 5.41) is 0. The Bertz CT molecular complexity index is 1060. The van der Waals surface area contributed by atoms with Gasteiger partial charge in [-0.2, -0.15) is 0 Å². The van der Waals surface area contributed by atoms with Crippen molar-refractivity contribution in [3.63, 3.8) is 0 Å². The molecular formula is C27H33N3O. The topological polar surface area (TPSA) is 38.1 Å². The summed E-state index contributed by atoms with van der Waals surface area (Å²) in [5.41, 5.74) is 4.87. The van der Waals surface area contributed by atoms with E-state index in [4.69, 9.17) is 4.98 Å². The minimum atomic E-state index is 0.180. The summed E-state index contributed by atoms with van der Waals surface area (Å²) >= 11 is 0. The van der Waals surface area contributed by atoms with Crippen molar-refractivity contribution in [3.8, 4) is 0 Å². The fraction of sp³-hybridized carbons (Fsp3) is 0.481. The van der Waals surface area contributed by atoms with Crippen LogP contribution in [0.1, 0.15) is 81.2 Å². The van der Waals surface area contributed by atoms with E-state index in [0.717, 1.165) is 49.2 Å². The lowest BCUT2D eigenvalue weighted by Gasteiger charge is -2.24. The molecule has 1 aromatic heterocycles. The molecular weight excluding hydrogens is 382 g/mol. The first-order valence-corrected chi connectivity index (χ1v) is 12.0. The normalized spacial score (nSPS) is 20.8. The van der Waals surface area contributed by atoms with Gasteiger partial charge >= 0.3 is 0 Å². The molecule has 1 amide bonds. The van der Waals surface area contributed by atoms with Gasteiger partial charge in [-0.3, -0.25) is 4.79 Å². The summed E-state index contributed by atoms with van der Waals surface area (Å²) in [5.74, 6) is 2.15. The smallest absolute Gasteiger partial charge is 0.223 e. The molecule has 162 valence electrons. The molecule has 2 fully saturated rings. The molecule has 2 unspecified atom stereocenters. The highest BCUT2D eigenvalue weighted by Gasteiger charge is 2.38. The van der Waals surface area contributed by atoms with Gasteiger partial charge < -0.3 is 9.47 Å². The van der Waals surface area contributed by atoms with Crippen LogP contribution in [-0.4, -0.2) is 32.9 Å². The second-order valence-corrected chi connectivity index (χ2v) is 9.48. The molecule has 1 aliphatic carbocycles. The monoisotopic (exact) mass is 415 g/mol. The number of carbonyl (C=O) groups excluding carboxylic acids is 1. The summed E-state index contributed by atoms with van der Waals surface area (Å²) in [6, 6.07) is 17.9. The fourth-order valence-corrected chi connectivity index (χ4v) is 5.42. The van der Waals surface area contributed by atoms with Crippen molar-refractivity contribution in [1.29, 1.82) is 0 Å². The van der Waals surface area contributed by atoms with Gasteiger partial charge in [-0.05, 0) is 48.4 Å². The van der Waals surface area contributed by atoms with E-state index in [-0.39, 0.29) is 5.92 Å². The quantitative estimate of drug-likeness (QED) is 0.506. The van der Waals surface area contributed by atoms with Crippen molar-refractivity contribution in [1.82, 2.24) is 14.5 Å². The second-order valence-electron chi connectivity index (χ2n) is 9.48. The number of likely N-dealkylation sites (tertiary alicyclic amines) is 1. The Kier molecular flexibility index (Phi) is 5.56. The van der Waals surface area contributed by atoms with Crippen molar-refractivity contribution in [2.45, 2.75) is 76.8 Å². The van der Waals surface area contributed by atoms with Crippen LogP contribution >= 0.6 is 0 Å². The Hall–Kier alpha value is -2.62. The Morgan fingerprint density at radius 3 is 2.55 bits per heavy atom. The predicted molar refractivity (Wildman–Crippen MR) is 125 cm³/mol. The number of para-hydroxylation sites is 2. The van der Waals surface area contributed by atoms with Gasteiger partial charge in [-0.1, -0.05) is 63.1 Å². The van der Waals surface area contributed by atoms with Gasteiger partial charge in [-0.25, -0.2) is 4.98 Å². The molecule has 1 saturated carbocycles. The van der Waals surface area contributed by atoms with Crippen LogP contribution in [0, 0.1) is 0 Å². The first-order valence-electron chi connectivity index (χ1n) is 12.0. The zero-order valence-electron chi connectivity index (χ0n) is 18.8. The minimum absolute atomic E-state index is 0.180. The molecule has 2 aliphatic rings. The highest BCUT2D eigenvalue weighted by Crippen LogP contribution is 2.35. The van der Waals surface area contributed by atoms with E-state index in [9.17, 15) is 4.79 Å². The van der Waals surface area contributed by atoms with Crippen LogP contribution in [0.4, 0.5) is 0 Å². The summed E-state index contributed by atoms with van der Waals surface area (Å²) in [4.78, 5) is 20.0. The van der Waals surface area contributed by atoms with Gasteiger partial charge in [0.2, 0.25) is 5.91 Å². The summed E-state index contributed by atoms with van der Waals surface area (Å²) in [6.07, 6.45) is 6.58. The van der Waals surface area contributed by atoms with Crippen LogP contribution in [0.25, 0.3) is 11.0 Å². The van der Waals surface area contributed by atoms with Crippen molar-refractivity contribution in [2.24, 2.45) is 0 Å². The number of amides is 1. The molecule has 0 spiro atoms. The first kappa shape index (κ1) is 20.3. The lowest BCUT2D eigenvalue weighted by atomic mass is 9.97. The number of benzene rings is 2. The number of hydrogen-bond donors (Lipinski definition) is 0. The average molecular weight is 416 g/mol. The van der Waals surface area contributed by atoms with Gasteiger partial charge in [0, 0.05) is 31.5 Å². The SMILES string of the molecule is CCC(C)c1ccc(Cn2c(C3CC(=O)N(C4CCCC4)C3)nc3ccccc32)cc1. The fourth-order valence-electron chi connectivity index (χ4n) is 5.42. The maximum Gasteiger partial charge on any atom is 0.223 e. The van der Waals surface area contributed by atoms with Crippen molar-refractivity contribution in [3.05, 3.63) is 65.5 Å².